The van der Waals surface area contributed by atoms with E-state index in [-0.39, 0.29) is 29.6 Å². The summed E-state index contributed by atoms with van der Waals surface area (Å²) in [6.45, 7) is 0. The van der Waals surface area contributed by atoms with Gasteiger partial charge in [-0.25, -0.2) is 4.79 Å². The fraction of sp³-hybridized carbons (Fsp3) is 0. The molecule has 1 aliphatic heterocycles. The summed E-state index contributed by atoms with van der Waals surface area (Å²) in [7, 11) is 0. The predicted molar refractivity (Wildman–Crippen MR) is 80.2 cm³/mol. The number of carboxylic acids is 1. The van der Waals surface area contributed by atoms with Crippen molar-refractivity contribution in [3.8, 4) is 0 Å². The first-order chi connectivity index (χ1) is 8.74. The monoisotopic (exact) mass is 277 g/mol. The van der Waals surface area contributed by atoms with Gasteiger partial charge in [0.15, 0.2) is 0 Å². The minimum absolute atomic E-state index is 0. The minimum atomic E-state index is -0.893. The van der Waals surface area contributed by atoms with E-state index in [0.29, 0.717) is 5.56 Å². The number of fused-ring (bicyclic) bond motifs is 2. The standard InChI is InChI=1S/C15H10O2S.Na/c16-15(17)13-4-3-10-8-12-2-1-7-18-14(12)6-5-11(10)9-13;/h1-9H,(H,16,17);. The van der Waals surface area contributed by atoms with Crippen LogP contribution in [0.4, 0.5) is 0 Å². The van der Waals surface area contributed by atoms with Crippen LogP contribution in [0.2, 0.25) is 0 Å². The van der Waals surface area contributed by atoms with Crippen molar-refractivity contribution in [1.29, 1.82) is 0 Å². The number of hydrogen-bond donors (Lipinski definition) is 1. The molecule has 0 spiro atoms. The molecule has 1 heterocycles. The number of aromatic carboxylic acids is 1. The number of carboxylic acid groups (broad SMARTS) is 1. The molecule has 1 radical (unpaired) electrons. The molecular formula is C15H10NaO2S. The molecule has 1 aromatic rings. The van der Waals surface area contributed by atoms with E-state index in [4.69, 9.17) is 5.11 Å². The van der Waals surface area contributed by atoms with Gasteiger partial charge < -0.3 is 5.11 Å². The van der Waals surface area contributed by atoms with E-state index in [1.807, 2.05) is 29.7 Å². The van der Waals surface area contributed by atoms with Gasteiger partial charge in [-0.3, -0.25) is 0 Å². The quantitative estimate of drug-likeness (QED) is 0.793. The molecule has 19 heavy (non-hydrogen) atoms. The first-order valence-corrected chi connectivity index (χ1v) is 6.43. The molecule has 0 amide bonds. The van der Waals surface area contributed by atoms with Crippen LogP contribution in [0.1, 0.15) is 10.4 Å². The van der Waals surface area contributed by atoms with Crippen molar-refractivity contribution in [2.75, 3.05) is 0 Å². The molecule has 0 atom stereocenters. The summed E-state index contributed by atoms with van der Waals surface area (Å²) < 4.78 is 0. The number of rotatable bonds is 1. The molecule has 0 fully saturated rings. The molecule has 3 rings (SSSR count). The van der Waals surface area contributed by atoms with E-state index >= 15 is 0 Å². The topological polar surface area (TPSA) is 37.3 Å². The zero-order valence-electron chi connectivity index (χ0n) is 10.5. The molecule has 2 nitrogen and oxygen atoms in total. The summed E-state index contributed by atoms with van der Waals surface area (Å²) >= 11 is 1.68. The number of allylic oxidation sites excluding steroid dienone is 4. The molecule has 89 valence electrons. The number of benzene rings is 1. The Labute approximate surface area is 137 Å². The van der Waals surface area contributed by atoms with Crippen molar-refractivity contribution >= 4 is 59.4 Å². The van der Waals surface area contributed by atoms with Crippen molar-refractivity contribution in [2.45, 2.75) is 0 Å². The summed E-state index contributed by atoms with van der Waals surface area (Å²) in [5, 5.41) is 13.0. The van der Waals surface area contributed by atoms with Crippen LogP contribution in [-0.2, 0) is 0 Å². The second kappa shape index (κ2) is 5.97. The normalized spacial score (nSPS) is 15.4. The summed E-state index contributed by atoms with van der Waals surface area (Å²) in [6, 6.07) is 5.21. The van der Waals surface area contributed by atoms with Gasteiger partial charge in [0.1, 0.15) is 0 Å². The Hall–Kier alpha value is -1.000. The van der Waals surface area contributed by atoms with E-state index in [1.165, 1.54) is 10.5 Å². The van der Waals surface area contributed by atoms with E-state index in [2.05, 4.69) is 12.2 Å². The Morgan fingerprint density at radius 2 is 1.95 bits per heavy atom. The molecule has 1 N–H and O–H groups in total. The zero-order valence-corrected chi connectivity index (χ0v) is 13.3. The van der Waals surface area contributed by atoms with Crippen molar-refractivity contribution < 1.29 is 9.90 Å². The summed E-state index contributed by atoms with van der Waals surface area (Å²) in [4.78, 5) is 12.1. The third-order valence-corrected chi connectivity index (χ3v) is 3.81. The third kappa shape index (κ3) is 2.95. The molecule has 1 aliphatic carbocycles. The maximum absolute atomic E-state index is 11.0. The molecule has 0 saturated heterocycles. The molecule has 0 aromatic heterocycles. The van der Waals surface area contributed by atoms with Crippen LogP contribution < -0.4 is 10.4 Å². The van der Waals surface area contributed by atoms with Crippen LogP contribution in [0.15, 0.2) is 52.3 Å². The van der Waals surface area contributed by atoms with Crippen LogP contribution in [0.25, 0.3) is 12.2 Å². The molecule has 4 heteroatoms. The summed E-state index contributed by atoms with van der Waals surface area (Å²) in [6.07, 6.45) is 10.2. The number of thioether (sulfide) groups is 1. The van der Waals surface area contributed by atoms with Gasteiger partial charge in [0.05, 0.1) is 5.56 Å². The molecule has 0 bridgehead atoms. The Morgan fingerprint density at radius 3 is 2.74 bits per heavy atom. The van der Waals surface area contributed by atoms with Crippen LogP contribution in [0.3, 0.4) is 0 Å². The van der Waals surface area contributed by atoms with Gasteiger partial charge in [0.2, 0.25) is 0 Å². The van der Waals surface area contributed by atoms with Crippen molar-refractivity contribution in [3.63, 3.8) is 0 Å². The second-order valence-corrected chi connectivity index (χ2v) is 5.01. The van der Waals surface area contributed by atoms with Gasteiger partial charge in [0.25, 0.3) is 0 Å². The van der Waals surface area contributed by atoms with Gasteiger partial charge in [-0.15, -0.1) is 0 Å². The van der Waals surface area contributed by atoms with Crippen molar-refractivity contribution in [2.24, 2.45) is 0 Å². The maximum Gasteiger partial charge on any atom is 0.335 e. The smallest absolute Gasteiger partial charge is 0.335 e. The third-order valence-electron chi connectivity index (χ3n) is 2.89. The Balaban J connectivity index is 0.00000133. The largest absolute Gasteiger partial charge is 0.478 e. The van der Waals surface area contributed by atoms with Gasteiger partial charge in [-0.05, 0) is 45.7 Å². The summed E-state index contributed by atoms with van der Waals surface area (Å²) in [5.74, 6) is -0.893. The van der Waals surface area contributed by atoms with E-state index in [9.17, 15) is 4.79 Å². The predicted octanol–water partition coefficient (Wildman–Crippen LogP) is 1.65. The first-order valence-electron chi connectivity index (χ1n) is 5.55. The van der Waals surface area contributed by atoms with E-state index in [0.717, 1.165) is 10.4 Å². The molecule has 0 saturated carbocycles. The van der Waals surface area contributed by atoms with Crippen LogP contribution in [-0.4, -0.2) is 40.6 Å². The van der Waals surface area contributed by atoms with Crippen molar-refractivity contribution in [3.05, 3.63) is 68.3 Å². The zero-order chi connectivity index (χ0) is 12.5. The first kappa shape index (κ1) is 14.4. The maximum atomic E-state index is 11.0. The molecule has 1 aromatic carbocycles. The second-order valence-electron chi connectivity index (χ2n) is 4.06. The van der Waals surface area contributed by atoms with Gasteiger partial charge in [-0.1, -0.05) is 36.1 Å². The van der Waals surface area contributed by atoms with Crippen LogP contribution in [0.5, 0.6) is 0 Å². The molecule has 2 aliphatic rings. The van der Waals surface area contributed by atoms with E-state index in [1.54, 1.807) is 23.9 Å². The molecular weight excluding hydrogens is 267 g/mol. The Kier molecular flexibility index (Phi) is 4.53. The van der Waals surface area contributed by atoms with Crippen LogP contribution >= 0.6 is 11.8 Å². The fourth-order valence-electron chi connectivity index (χ4n) is 1.98. The van der Waals surface area contributed by atoms with Gasteiger partial charge in [-0.2, -0.15) is 0 Å². The van der Waals surface area contributed by atoms with Crippen LogP contribution in [0, 0.1) is 0 Å². The van der Waals surface area contributed by atoms with E-state index < -0.39 is 5.97 Å². The summed E-state index contributed by atoms with van der Waals surface area (Å²) in [5.41, 5.74) is 1.49. The Morgan fingerprint density at radius 1 is 1.11 bits per heavy atom. The number of carbonyl (C=O) groups is 1. The average molecular weight is 277 g/mol. The fourth-order valence-corrected chi connectivity index (χ4v) is 2.69. The van der Waals surface area contributed by atoms with Gasteiger partial charge >= 0.3 is 5.97 Å². The van der Waals surface area contributed by atoms with Gasteiger partial charge in [0, 0.05) is 34.5 Å². The average Bonchev–Trinajstić information content (AvgIpc) is 2.56. The minimum Gasteiger partial charge on any atom is -0.478 e. The molecule has 0 unspecified atom stereocenters. The number of hydrogen-bond acceptors (Lipinski definition) is 2. The van der Waals surface area contributed by atoms with Crippen molar-refractivity contribution in [1.82, 2.24) is 0 Å². The Bertz CT molecular complexity index is 742. The SMILES string of the molecule is O=C(O)c1ccc2c(c1)=CC=C1SC=CC=C1C=2.[Na].